The number of ether oxygens (including phenoxy) is 1. The first kappa shape index (κ1) is 13.1. The maximum Gasteiger partial charge on any atom is 0.417 e. The highest BCUT2D eigenvalue weighted by atomic mass is 16.6. The van der Waals surface area contributed by atoms with Crippen LogP contribution in [0.2, 0.25) is 0 Å². The standard InChI is InChI=1S/C11H14N4O4/c1-3-4-19-11(18)14-5-7(2)6-15-10(14)12-8(13-15)9(16)17/h3,7H,1,4-6H2,2H3,(H,16,17). The van der Waals surface area contributed by atoms with E-state index in [1.54, 1.807) is 0 Å². The molecule has 0 aromatic carbocycles. The number of nitrogens with zero attached hydrogens (tertiary/aromatic N) is 4. The fraction of sp³-hybridized carbons (Fsp3) is 0.455. The summed E-state index contributed by atoms with van der Waals surface area (Å²) < 4.78 is 6.36. The Balaban J connectivity index is 2.29. The van der Waals surface area contributed by atoms with Crippen LogP contribution >= 0.6 is 0 Å². The zero-order chi connectivity index (χ0) is 14.0. The number of aromatic carboxylic acids is 1. The number of hydrogen-bond donors (Lipinski definition) is 1. The van der Waals surface area contributed by atoms with Crippen molar-refractivity contribution in [3.63, 3.8) is 0 Å². The predicted molar refractivity (Wildman–Crippen MR) is 65.0 cm³/mol. The van der Waals surface area contributed by atoms with Crippen LogP contribution in [-0.4, -0.2) is 45.1 Å². The molecule has 102 valence electrons. The zero-order valence-corrected chi connectivity index (χ0v) is 10.4. The van der Waals surface area contributed by atoms with E-state index in [2.05, 4.69) is 16.7 Å². The summed E-state index contributed by atoms with van der Waals surface area (Å²) in [7, 11) is 0. The van der Waals surface area contributed by atoms with Crippen LogP contribution < -0.4 is 4.90 Å². The predicted octanol–water partition coefficient (Wildman–Crippen LogP) is 0.755. The van der Waals surface area contributed by atoms with Crippen LogP contribution in [-0.2, 0) is 11.3 Å². The number of carbonyl (C=O) groups is 2. The van der Waals surface area contributed by atoms with Crippen molar-refractivity contribution in [3.05, 3.63) is 18.5 Å². The van der Waals surface area contributed by atoms with E-state index in [9.17, 15) is 9.59 Å². The first-order chi connectivity index (χ1) is 9.02. The van der Waals surface area contributed by atoms with Crippen LogP contribution in [0.1, 0.15) is 17.5 Å². The van der Waals surface area contributed by atoms with Crippen LogP contribution in [0.3, 0.4) is 0 Å². The molecule has 19 heavy (non-hydrogen) atoms. The van der Waals surface area contributed by atoms with Gasteiger partial charge in [0.2, 0.25) is 5.95 Å². The average molecular weight is 266 g/mol. The lowest BCUT2D eigenvalue weighted by atomic mass is 10.1. The van der Waals surface area contributed by atoms with Crippen molar-refractivity contribution in [2.24, 2.45) is 5.92 Å². The van der Waals surface area contributed by atoms with Crippen LogP contribution in [0, 0.1) is 5.92 Å². The largest absolute Gasteiger partial charge is 0.475 e. The molecule has 1 aliphatic rings. The minimum absolute atomic E-state index is 0.0869. The summed E-state index contributed by atoms with van der Waals surface area (Å²) in [4.78, 5) is 27.9. The molecular weight excluding hydrogens is 252 g/mol. The number of fused-ring (bicyclic) bond motifs is 1. The lowest BCUT2D eigenvalue weighted by molar-refractivity contribution is 0.0683. The molecule has 8 nitrogen and oxygen atoms in total. The fourth-order valence-corrected chi connectivity index (χ4v) is 1.86. The molecule has 0 saturated heterocycles. The Kier molecular flexibility index (Phi) is 3.50. The van der Waals surface area contributed by atoms with E-state index in [-0.39, 0.29) is 24.3 Å². The summed E-state index contributed by atoms with van der Waals surface area (Å²) in [5.74, 6) is -1.23. The van der Waals surface area contributed by atoms with Gasteiger partial charge in [0.15, 0.2) is 0 Å². The van der Waals surface area contributed by atoms with Gasteiger partial charge in [-0.1, -0.05) is 19.6 Å². The van der Waals surface area contributed by atoms with Crippen molar-refractivity contribution in [1.29, 1.82) is 0 Å². The van der Waals surface area contributed by atoms with Crippen LogP contribution in [0.4, 0.5) is 10.7 Å². The molecule has 0 bridgehead atoms. The first-order valence-corrected chi connectivity index (χ1v) is 5.76. The van der Waals surface area contributed by atoms with E-state index in [1.165, 1.54) is 15.7 Å². The van der Waals surface area contributed by atoms with Crippen LogP contribution in [0.25, 0.3) is 0 Å². The van der Waals surface area contributed by atoms with E-state index in [0.717, 1.165) is 0 Å². The Morgan fingerprint density at radius 1 is 1.58 bits per heavy atom. The molecule has 1 N–H and O–H groups in total. The molecule has 1 aromatic rings. The minimum Gasteiger partial charge on any atom is -0.475 e. The molecule has 8 heteroatoms. The van der Waals surface area contributed by atoms with Gasteiger partial charge < -0.3 is 9.84 Å². The smallest absolute Gasteiger partial charge is 0.417 e. The summed E-state index contributed by atoms with van der Waals surface area (Å²) >= 11 is 0. The van der Waals surface area contributed by atoms with Crippen molar-refractivity contribution in [2.45, 2.75) is 13.5 Å². The first-order valence-electron chi connectivity index (χ1n) is 5.76. The summed E-state index contributed by atoms with van der Waals surface area (Å²) in [6.07, 6.45) is 0.871. The number of carboxylic acids is 1. The van der Waals surface area contributed by atoms with Gasteiger partial charge in [0, 0.05) is 13.1 Å². The Morgan fingerprint density at radius 2 is 2.32 bits per heavy atom. The molecule has 0 spiro atoms. The summed E-state index contributed by atoms with van der Waals surface area (Å²) in [6, 6.07) is 0. The number of carboxylic acid groups (broad SMARTS) is 1. The van der Waals surface area contributed by atoms with Gasteiger partial charge in [0.05, 0.1) is 0 Å². The molecule has 0 fully saturated rings. The highest BCUT2D eigenvalue weighted by molar-refractivity contribution is 5.88. The van der Waals surface area contributed by atoms with Gasteiger partial charge in [-0.15, -0.1) is 5.10 Å². The molecule has 2 rings (SSSR count). The Bertz CT molecular complexity index is 525. The van der Waals surface area contributed by atoms with E-state index in [1.807, 2.05) is 6.92 Å². The second kappa shape index (κ2) is 5.09. The van der Waals surface area contributed by atoms with E-state index < -0.39 is 12.1 Å². The van der Waals surface area contributed by atoms with E-state index in [0.29, 0.717) is 13.1 Å². The third-order valence-electron chi connectivity index (χ3n) is 2.61. The zero-order valence-electron chi connectivity index (χ0n) is 10.4. The molecule has 1 atom stereocenters. The molecule has 1 aliphatic heterocycles. The highest BCUT2D eigenvalue weighted by Gasteiger charge is 2.31. The number of carbonyl (C=O) groups excluding carboxylic acids is 1. The lowest BCUT2D eigenvalue weighted by Gasteiger charge is -2.29. The summed E-state index contributed by atoms with van der Waals surface area (Å²) in [6.45, 7) is 6.40. The van der Waals surface area contributed by atoms with Gasteiger partial charge in [-0.2, -0.15) is 4.98 Å². The maximum absolute atomic E-state index is 11.9. The number of aromatic nitrogens is 3. The molecule has 1 aromatic heterocycles. The molecule has 1 unspecified atom stereocenters. The molecule has 0 radical (unpaired) electrons. The second-order valence-electron chi connectivity index (χ2n) is 4.30. The number of hydrogen-bond acceptors (Lipinski definition) is 5. The molecule has 0 aliphatic carbocycles. The molecule has 1 amide bonds. The normalized spacial score (nSPS) is 17.7. The van der Waals surface area contributed by atoms with Crippen molar-refractivity contribution in [1.82, 2.24) is 14.8 Å². The molecular formula is C11H14N4O4. The quantitative estimate of drug-likeness (QED) is 0.811. The van der Waals surface area contributed by atoms with Crippen molar-refractivity contribution in [3.8, 4) is 0 Å². The van der Waals surface area contributed by atoms with Crippen LogP contribution in [0.5, 0.6) is 0 Å². The second-order valence-corrected chi connectivity index (χ2v) is 4.30. The van der Waals surface area contributed by atoms with Crippen molar-refractivity contribution >= 4 is 18.0 Å². The SMILES string of the molecule is C=CCOC(=O)N1CC(C)Cn2nc(C(=O)O)nc21. The summed E-state index contributed by atoms with van der Waals surface area (Å²) in [5, 5.41) is 12.7. The Labute approximate surface area is 109 Å². The fourth-order valence-electron chi connectivity index (χ4n) is 1.86. The lowest BCUT2D eigenvalue weighted by Crippen LogP contribution is -2.42. The monoisotopic (exact) mass is 266 g/mol. The van der Waals surface area contributed by atoms with E-state index >= 15 is 0 Å². The minimum atomic E-state index is -1.23. The number of rotatable bonds is 3. The highest BCUT2D eigenvalue weighted by Crippen LogP contribution is 2.22. The van der Waals surface area contributed by atoms with Gasteiger partial charge in [-0.25, -0.2) is 19.2 Å². The molecule has 0 saturated carbocycles. The van der Waals surface area contributed by atoms with Gasteiger partial charge in [0.25, 0.3) is 5.82 Å². The average Bonchev–Trinajstić information content (AvgIpc) is 2.78. The molecule has 2 heterocycles. The van der Waals surface area contributed by atoms with Gasteiger partial charge >= 0.3 is 12.1 Å². The van der Waals surface area contributed by atoms with Gasteiger partial charge in [-0.3, -0.25) is 0 Å². The number of amides is 1. The third-order valence-corrected chi connectivity index (χ3v) is 2.61. The number of anilines is 1. The van der Waals surface area contributed by atoms with Crippen LogP contribution in [0.15, 0.2) is 12.7 Å². The van der Waals surface area contributed by atoms with Gasteiger partial charge in [-0.05, 0) is 5.92 Å². The van der Waals surface area contributed by atoms with Crippen molar-refractivity contribution in [2.75, 3.05) is 18.1 Å². The topological polar surface area (TPSA) is 97.6 Å². The van der Waals surface area contributed by atoms with Gasteiger partial charge in [0.1, 0.15) is 6.61 Å². The van der Waals surface area contributed by atoms with E-state index in [4.69, 9.17) is 9.84 Å². The third kappa shape index (κ3) is 2.56. The maximum atomic E-state index is 11.9. The summed E-state index contributed by atoms with van der Waals surface area (Å²) in [5.41, 5.74) is 0. The Hall–Kier alpha value is -2.38. The Morgan fingerprint density at radius 3 is 2.95 bits per heavy atom. The van der Waals surface area contributed by atoms with Crippen molar-refractivity contribution < 1.29 is 19.4 Å².